The van der Waals surface area contributed by atoms with Crippen LogP contribution in [0.1, 0.15) is 40.6 Å². The Balaban J connectivity index is 1.62. The summed E-state index contributed by atoms with van der Waals surface area (Å²) in [5.74, 6) is 2.13. The van der Waals surface area contributed by atoms with Gasteiger partial charge in [-0.05, 0) is 130 Å². The number of benzene rings is 3. The Hall–Kier alpha value is -4.45. The smallest absolute Gasteiger partial charge is 0.493 e. The van der Waals surface area contributed by atoms with Crippen molar-refractivity contribution in [1.29, 1.82) is 0 Å². The summed E-state index contributed by atoms with van der Waals surface area (Å²) in [5.41, 5.74) is 5.19. The lowest BCUT2D eigenvalue weighted by Crippen LogP contribution is -2.51. The molecule has 0 saturated carbocycles. The molecule has 2 aliphatic rings. The van der Waals surface area contributed by atoms with Gasteiger partial charge in [0, 0.05) is 38.7 Å². The molecule has 6 rings (SSSR count). The molecule has 0 saturated heterocycles. The number of allylic oxidation sites excluding steroid dienone is 3. The summed E-state index contributed by atoms with van der Waals surface area (Å²) in [5, 5.41) is 11.6. The maximum atomic E-state index is 17.6. The fourth-order valence-electron chi connectivity index (χ4n) is 6.49. The van der Waals surface area contributed by atoms with Crippen molar-refractivity contribution < 1.29 is 37.0 Å². The number of ether oxygens (including phenoxy) is 4. The van der Waals surface area contributed by atoms with Crippen molar-refractivity contribution in [3.63, 3.8) is 0 Å². The number of nitrogens with zero attached hydrogens (tertiary/aromatic N) is 3. The van der Waals surface area contributed by atoms with E-state index in [1.165, 1.54) is 26.4 Å². The predicted octanol–water partition coefficient (Wildman–Crippen LogP) is 9.40. The van der Waals surface area contributed by atoms with Crippen LogP contribution in [0.3, 0.4) is 0 Å². The van der Waals surface area contributed by atoms with Crippen LogP contribution in [0, 0.1) is 20.6 Å². The number of halogens is 4. The van der Waals surface area contributed by atoms with Gasteiger partial charge in [0.15, 0.2) is 34.4 Å². The molecule has 51 heavy (non-hydrogen) atoms. The zero-order valence-electron chi connectivity index (χ0n) is 28.5. The van der Waals surface area contributed by atoms with Gasteiger partial charge in [0.25, 0.3) is 5.69 Å². The topological polar surface area (TPSA) is 88.0 Å². The molecule has 0 N–H and O–H groups in total. The maximum absolute atomic E-state index is 17.6. The Morgan fingerprint density at radius 1 is 0.784 bits per heavy atom. The van der Waals surface area contributed by atoms with Gasteiger partial charge < -0.3 is 36.5 Å². The maximum Gasteiger partial charge on any atom is 0.737 e. The first-order valence-electron chi connectivity index (χ1n) is 15.6. The van der Waals surface area contributed by atoms with E-state index in [0.717, 1.165) is 20.1 Å². The number of methoxy groups -OCH3 is 4. The SMILES string of the molecule is COc1ccc(/C=C/C2=[N+]3C(=C(c4ccc([N+](=O)[O-])cc4)c4c(C)c(I)c(/C=C/c5ccc(OC)c(OC)c5)n4[B-]3(F)F)C(C)=C2I)cc1OC. The molecule has 1 aromatic heterocycles. The van der Waals surface area contributed by atoms with Crippen LogP contribution in [0.2, 0.25) is 0 Å². The molecular formula is C37H32BF2I2N3O6. The van der Waals surface area contributed by atoms with Crippen LogP contribution >= 0.6 is 45.2 Å². The zero-order valence-corrected chi connectivity index (χ0v) is 32.8. The van der Waals surface area contributed by atoms with Crippen molar-refractivity contribution in [1.82, 2.24) is 4.48 Å². The first kappa shape index (κ1) is 36.3. The quantitative estimate of drug-likeness (QED) is 0.0683. The van der Waals surface area contributed by atoms with E-state index in [4.69, 9.17) is 18.9 Å². The van der Waals surface area contributed by atoms with E-state index in [9.17, 15) is 10.1 Å². The average molecular weight is 917 g/mol. The molecule has 2 aliphatic heterocycles. The highest BCUT2D eigenvalue weighted by Gasteiger charge is 2.57. The third-order valence-electron chi connectivity index (χ3n) is 8.96. The molecule has 0 bridgehead atoms. The molecule has 4 aromatic rings. The van der Waals surface area contributed by atoms with Crippen LogP contribution in [-0.2, 0) is 0 Å². The molecule has 0 spiro atoms. The Morgan fingerprint density at radius 3 is 1.82 bits per heavy atom. The summed E-state index contributed by atoms with van der Waals surface area (Å²) in [6.07, 6.45) is 6.91. The van der Waals surface area contributed by atoms with Gasteiger partial charge in [-0.25, -0.2) is 0 Å². The molecular weight excluding hydrogens is 885 g/mol. The highest BCUT2D eigenvalue weighted by atomic mass is 127. The molecule has 9 nitrogen and oxygen atoms in total. The number of nitro benzene ring substituents is 1. The summed E-state index contributed by atoms with van der Waals surface area (Å²) in [7, 11) is 6.17. The van der Waals surface area contributed by atoms with Crippen molar-refractivity contribution in [2.24, 2.45) is 0 Å². The molecule has 0 radical (unpaired) electrons. The number of aromatic nitrogens is 1. The first-order chi connectivity index (χ1) is 24.4. The summed E-state index contributed by atoms with van der Waals surface area (Å²) >= 11 is 4.25. The van der Waals surface area contributed by atoms with Crippen LogP contribution in [0.4, 0.5) is 14.3 Å². The van der Waals surface area contributed by atoms with Crippen molar-refractivity contribution in [3.05, 3.63) is 129 Å². The molecule has 3 aromatic carbocycles. The predicted molar refractivity (Wildman–Crippen MR) is 213 cm³/mol. The lowest BCUT2D eigenvalue weighted by molar-refractivity contribution is -0.384. The van der Waals surface area contributed by atoms with Gasteiger partial charge in [-0.1, -0.05) is 18.2 Å². The first-order valence-corrected chi connectivity index (χ1v) is 17.8. The van der Waals surface area contributed by atoms with E-state index >= 15 is 8.63 Å². The van der Waals surface area contributed by atoms with Crippen molar-refractivity contribution in [2.75, 3.05) is 28.4 Å². The standard InChI is InChI=1S/C37H32BF2I2N3O6/c1-21-34(41)27(15-7-23-9-17-29(48-3)31(19-23)50-5)43-36(21)33(25-11-13-26(14-12-25)45(46)47)37-22(2)35(42)28(44(37)38(43,39)40)16-8-24-10-18-30(49-4)32(20-24)51-6/h7-20H,1-6H3/b15-7+,16-8+. The number of nitro groups is 1. The lowest BCUT2D eigenvalue weighted by Gasteiger charge is -2.34. The average Bonchev–Trinajstić information content (AvgIpc) is 3.54. The van der Waals surface area contributed by atoms with E-state index in [0.29, 0.717) is 75.2 Å². The third kappa shape index (κ3) is 6.25. The summed E-state index contributed by atoms with van der Waals surface area (Å²) in [6.45, 7) is -0.822. The molecule has 0 aliphatic carbocycles. The van der Waals surface area contributed by atoms with E-state index < -0.39 is 11.9 Å². The van der Waals surface area contributed by atoms with Gasteiger partial charge in [-0.2, -0.15) is 0 Å². The van der Waals surface area contributed by atoms with Crippen molar-refractivity contribution >= 4 is 87.4 Å². The minimum Gasteiger partial charge on any atom is -0.493 e. The molecule has 14 heteroatoms. The number of non-ortho nitro benzene ring substituents is 1. The van der Waals surface area contributed by atoms with E-state index in [2.05, 4.69) is 45.2 Å². The van der Waals surface area contributed by atoms with E-state index in [1.807, 2.05) is 26.0 Å². The molecule has 262 valence electrons. The van der Waals surface area contributed by atoms with Crippen LogP contribution in [0.5, 0.6) is 23.0 Å². The third-order valence-corrected chi connectivity index (χ3v) is 11.7. The summed E-state index contributed by atoms with van der Waals surface area (Å²) in [4.78, 5) is 11.1. The van der Waals surface area contributed by atoms with Crippen LogP contribution in [-0.4, -0.2) is 55.0 Å². The normalized spacial score (nSPS) is 15.2. The zero-order chi connectivity index (χ0) is 36.8. The number of rotatable bonds is 10. The molecule has 0 fully saturated rings. The van der Waals surface area contributed by atoms with E-state index in [1.54, 1.807) is 74.9 Å². The molecule has 0 unspecified atom stereocenters. The fourth-order valence-corrected chi connectivity index (χ4v) is 7.88. The van der Waals surface area contributed by atoms with Crippen LogP contribution < -0.4 is 18.9 Å². The molecule has 0 amide bonds. The Labute approximate surface area is 321 Å². The second kappa shape index (κ2) is 14.3. The largest absolute Gasteiger partial charge is 0.737 e. The van der Waals surface area contributed by atoms with Gasteiger partial charge in [0.1, 0.15) is 0 Å². The van der Waals surface area contributed by atoms with Crippen LogP contribution in [0.25, 0.3) is 23.8 Å². The number of hydrogen-bond acceptors (Lipinski definition) is 6. The second-order valence-corrected chi connectivity index (χ2v) is 13.9. The Kier molecular flexibility index (Phi) is 10.2. The second-order valence-electron chi connectivity index (χ2n) is 11.7. The lowest BCUT2D eigenvalue weighted by atomic mass is 9.83. The highest BCUT2D eigenvalue weighted by Crippen LogP contribution is 2.48. The number of hydrogen-bond donors (Lipinski definition) is 0. The Morgan fingerprint density at radius 2 is 1.31 bits per heavy atom. The van der Waals surface area contributed by atoms with Crippen LogP contribution in [0.15, 0.2) is 81.6 Å². The Bertz CT molecular complexity index is 2260. The van der Waals surface area contributed by atoms with E-state index in [-0.39, 0.29) is 5.69 Å². The monoisotopic (exact) mass is 917 g/mol. The highest BCUT2D eigenvalue weighted by molar-refractivity contribution is 14.1. The minimum atomic E-state index is -4.48. The minimum absolute atomic E-state index is 0.0924. The van der Waals surface area contributed by atoms with Gasteiger partial charge in [-0.15, -0.1) is 0 Å². The fraction of sp³-hybridized carbons (Fsp3) is 0.162. The summed E-state index contributed by atoms with van der Waals surface area (Å²) in [6, 6.07) is 16.8. The summed E-state index contributed by atoms with van der Waals surface area (Å²) < 4.78 is 60.4. The van der Waals surface area contributed by atoms with Gasteiger partial charge in [0.05, 0.1) is 42.5 Å². The van der Waals surface area contributed by atoms with Crippen molar-refractivity contribution in [3.8, 4) is 23.0 Å². The van der Waals surface area contributed by atoms with Gasteiger partial charge in [0.2, 0.25) is 0 Å². The van der Waals surface area contributed by atoms with Gasteiger partial charge in [-0.3, -0.25) is 10.1 Å². The van der Waals surface area contributed by atoms with Gasteiger partial charge >= 0.3 is 6.97 Å². The van der Waals surface area contributed by atoms with Crippen molar-refractivity contribution in [2.45, 2.75) is 13.8 Å². The number of fused-ring (bicyclic) bond motifs is 2. The molecule has 3 heterocycles. The molecule has 0 atom stereocenters.